The zero-order chi connectivity index (χ0) is 13.7. The predicted octanol–water partition coefficient (Wildman–Crippen LogP) is 5.08. The van der Waals surface area contributed by atoms with Gasteiger partial charge in [-0.25, -0.2) is 0 Å². The zero-order valence-electron chi connectivity index (χ0n) is 10.9. The van der Waals surface area contributed by atoms with Gasteiger partial charge in [-0.2, -0.15) is 0 Å². The van der Waals surface area contributed by atoms with Crippen molar-refractivity contribution in [2.24, 2.45) is 0 Å². The molecule has 0 aliphatic heterocycles. The largest absolute Gasteiger partial charge is 0.306 e. The number of halogens is 2. The van der Waals surface area contributed by atoms with Crippen molar-refractivity contribution in [1.29, 1.82) is 0 Å². The first kappa shape index (κ1) is 14.4. The van der Waals surface area contributed by atoms with Gasteiger partial charge in [0.15, 0.2) is 0 Å². The lowest BCUT2D eigenvalue weighted by Gasteiger charge is -2.20. The second kappa shape index (κ2) is 6.95. The van der Waals surface area contributed by atoms with Crippen LogP contribution in [0.1, 0.15) is 30.5 Å². The zero-order valence-corrected chi connectivity index (χ0v) is 12.4. The van der Waals surface area contributed by atoms with E-state index in [1.165, 1.54) is 0 Å². The third-order valence-corrected chi connectivity index (χ3v) is 3.43. The highest BCUT2D eigenvalue weighted by Gasteiger charge is 2.13. The highest BCUT2D eigenvalue weighted by atomic mass is 35.5. The lowest BCUT2D eigenvalue weighted by molar-refractivity contribution is 0.598. The molecule has 0 heterocycles. The lowest BCUT2D eigenvalue weighted by Crippen LogP contribution is -2.23. The van der Waals surface area contributed by atoms with Crippen LogP contribution in [0.25, 0.3) is 0 Å². The lowest BCUT2D eigenvalue weighted by atomic mass is 9.98. The topological polar surface area (TPSA) is 12.0 Å². The van der Waals surface area contributed by atoms with E-state index in [0.29, 0.717) is 0 Å². The van der Waals surface area contributed by atoms with E-state index in [1.807, 2.05) is 36.4 Å². The second-order valence-electron chi connectivity index (χ2n) is 4.50. The van der Waals surface area contributed by atoms with E-state index in [-0.39, 0.29) is 6.04 Å². The SMILES string of the molecule is CCCNC(c1cccc(Cl)c1)c1cccc(Cl)c1. The molecule has 0 saturated heterocycles. The normalized spacial score (nSPS) is 10.9. The van der Waals surface area contributed by atoms with Crippen molar-refractivity contribution < 1.29 is 0 Å². The van der Waals surface area contributed by atoms with Crippen LogP contribution in [0.3, 0.4) is 0 Å². The third kappa shape index (κ3) is 3.97. The molecule has 0 aromatic heterocycles. The van der Waals surface area contributed by atoms with Crippen LogP contribution >= 0.6 is 23.2 Å². The molecule has 2 aromatic carbocycles. The molecule has 1 nitrogen and oxygen atoms in total. The highest BCUT2D eigenvalue weighted by Crippen LogP contribution is 2.26. The number of benzene rings is 2. The van der Waals surface area contributed by atoms with Gasteiger partial charge in [0.2, 0.25) is 0 Å². The summed E-state index contributed by atoms with van der Waals surface area (Å²) in [6.45, 7) is 3.10. The Bertz CT molecular complexity index is 494. The number of nitrogens with one attached hydrogen (secondary N) is 1. The van der Waals surface area contributed by atoms with Gasteiger partial charge in [0, 0.05) is 10.0 Å². The van der Waals surface area contributed by atoms with Crippen LogP contribution in [0.15, 0.2) is 48.5 Å². The molecule has 0 saturated carbocycles. The molecular weight excluding hydrogens is 277 g/mol. The first-order valence-electron chi connectivity index (χ1n) is 6.45. The molecular formula is C16H17Cl2N. The molecule has 0 spiro atoms. The Morgan fingerprint density at radius 3 is 1.89 bits per heavy atom. The van der Waals surface area contributed by atoms with Crippen LogP contribution in [0, 0.1) is 0 Å². The molecule has 2 aromatic rings. The highest BCUT2D eigenvalue weighted by molar-refractivity contribution is 6.31. The van der Waals surface area contributed by atoms with Gasteiger partial charge in [-0.3, -0.25) is 0 Å². The summed E-state index contributed by atoms with van der Waals surface area (Å²) < 4.78 is 0. The van der Waals surface area contributed by atoms with Gasteiger partial charge >= 0.3 is 0 Å². The summed E-state index contributed by atoms with van der Waals surface area (Å²) in [5.74, 6) is 0. The van der Waals surface area contributed by atoms with E-state index in [4.69, 9.17) is 23.2 Å². The third-order valence-electron chi connectivity index (χ3n) is 2.96. The Hall–Kier alpha value is -1.02. The summed E-state index contributed by atoms with van der Waals surface area (Å²) in [5.41, 5.74) is 2.31. The summed E-state index contributed by atoms with van der Waals surface area (Å²) in [6, 6.07) is 16.0. The van der Waals surface area contributed by atoms with Crippen LogP contribution in [0.2, 0.25) is 10.0 Å². The average Bonchev–Trinajstić information content (AvgIpc) is 2.39. The van der Waals surface area contributed by atoms with E-state index >= 15 is 0 Å². The molecule has 0 bridgehead atoms. The minimum Gasteiger partial charge on any atom is -0.306 e. The van der Waals surface area contributed by atoms with E-state index in [1.54, 1.807) is 0 Å². The minimum atomic E-state index is 0.123. The Morgan fingerprint density at radius 2 is 1.47 bits per heavy atom. The summed E-state index contributed by atoms with van der Waals surface area (Å²) in [6.07, 6.45) is 1.08. The van der Waals surface area contributed by atoms with Gasteiger partial charge in [0.25, 0.3) is 0 Å². The van der Waals surface area contributed by atoms with E-state index < -0.39 is 0 Å². The fraction of sp³-hybridized carbons (Fsp3) is 0.250. The molecule has 0 aliphatic rings. The Morgan fingerprint density at radius 1 is 0.947 bits per heavy atom. The average molecular weight is 294 g/mol. The van der Waals surface area contributed by atoms with Crippen LogP contribution < -0.4 is 5.32 Å². The molecule has 0 amide bonds. The summed E-state index contributed by atoms with van der Waals surface area (Å²) in [5, 5.41) is 5.04. The maximum Gasteiger partial charge on any atom is 0.0577 e. The predicted molar refractivity (Wildman–Crippen MR) is 83.0 cm³/mol. The van der Waals surface area contributed by atoms with Crippen molar-refractivity contribution in [3.63, 3.8) is 0 Å². The van der Waals surface area contributed by atoms with Crippen molar-refractivity contribution >= 4 is 23.2 Å². The van der Waals surface area contributed by atoms with E-state index in [0.717, 1.165) is 34.1 Å². The first-order chi connectivity index (χ1) is 9.20. The summed E-state index contributed by atoms with van der Waals surface area (Å²) in [7, 11) is 0. The van der Waals surface area contributed by atoms with E-state index in [2.05, 4.69) is 24.4 Å². The standard InChI is InChI=1S/C16H17Cl2N/c1-2-9-19-16(12-5-3-7-14(17)10-12)13-6-4-8-15(18)11-13/h3-8,10-11,16,19H,2,9H2,1H3. The van der Waals surface area contributed by atoms with E-state index in [9.17, 15) is 0 Å². The van der Waals surface area contributed by atoms with Gasteiger partial charge in [-0.1, -0.05) is 54.4 Å². The number of rotatable bonds is 5. The molecule has 3 heteroatoms. The maximum absolute atomic E-state index is 6.09. The number of hydrogen-bond acceptors (Lipinski definition) is 1. The first-order valence-corrected chi connectivity index (χ1v) is 7.20. The molecule has 0 radical (unpaired) electrons. The monoisotopic (exact) mass is 293 g/mol. The molecule has 2 rings (SSSR count). The van der Waals surface area contributed by atoms with Crippen molar-refractivity contribution in [3.8, 4) is 0 Å². The Labute approximate surface area is 124 Å². The molecule has 1 N–H and O–H groups in total. The quantitative estimate of drug-likeness (QED) is 0.810. The maximum atomic E-state index is 6.09. The van der Waals surface area contributed by atoms with Crippen LogP contribution in [0.4, 0.5) is 0 Å². The van der Waals surface area contributed by atoms with Crippen molar-refractivity contribution in [2.75, 3.05) is 6.54 Å². The van der Waals surface area contributed by atoms with Gasteiger partial charge in [-0.15, -0.1) is 0 Å². The second-order valence-corrected chi connectivity index (χ2v) is 5.37. The smallest absolute Gasteiger partial charge is 0.0577 e. The van der Waals surface area contributed by atoms with Crippen molar-refractivity contribution in [2.45, 2.75) is 19.4 Å². The van der Waals surface area contributed by atoms with Crippen LogP contribution in [-0.2, 0) is 0 Å². The molecule has 0 atom stereocenters. The van der Waals surface area contributed by atoms with Crippen LogP contribution in [0.5, 0.6) is 0 Å². The van der Waals surface area contributed by atoms with Gasteiger partial charge in [0.05, 0.1) is 6.04 Å². The minimum absolute atomic E-state index is 0.123. The van der Waals surface area contributed by atoms with Gasteiger partial charge < -0.3 is 5.32 Å². The molecule has 0 fully saturated rings. The molecule has 0 unspecified atom stereocenters. The Kier molecular flexibility index (Phi) is 5.26. The summed E-state index contributed by atoms with van der Waals surface area (Å²) in [4.78, 5) is 0. The fourth-order valence-corrected chi connectivity index (χ4v) is 2.49. The molecule has 0 aliphatic carbocycles. The summed E-state index contributed by atoms with van der Waals surface area (Å²) >= 11 is 12.2. The van der Waals surface area contributed by atoms with Crippen molar-refractivity contribution in [3.05, 3.63) is 69.7 Å². The van der Waals surface area contributed by atoms with Gasteiger partial charge in [0.1, 0.15) is 0 Å². The Balaban J connectivity index is 2.35. The fourth-order valence-electron chi connectivity index (χ4n) is 2.09. The van der Waals surface area contributed by atoms with Gasteiger partial charge in [-0.05, 0) is 48.4 Å². The van der Waals surface area contributed by atoms with Crippen LogP contribution in [-0.4, -0.2) is 6.54 Å². The molecule has 19 heavy (non-hydrogen) atoms. The molecule has 100 valence electrons. The number of hydrogen-bond donors (Lipinski definition) is 1. The van der Waals surface area contributed by atoms with Crippen molar-refractivity contribution in [1.82, 2.24) is 5.32 Å².